The summed E-state index contributed by atoms with van der Waals surface area (Å²) in [6.45, 7) is 5.76. The Balaban J connectivity index is 2.47. The van der Waals surface area contributed by atoms with E-state index in [2.05, 4.69) is 5.32 Å². The number of carbonyl (C=O) groups excluding carboxylic acids is 1. The highest BCUT2D eigenvalue weighted by molar-refractivity contribution is 8.23. The average molecular weight is 351 g/mol. The van der Waals surface area contributed by atoms with Gasteiger partial charge in [-0.1, -0.05) is 47.2 Å². The van der Waals surface area contributed by atoms with Crippen LogP contribution in [0.1, 0.15) is 13.8 Å². The van der Waals surface area contributed by atoms with Gasteiger partial charge in [-0.25, -0.2) is 0 Å². The number of halogens is 2. The lowest BCUT2D eigenvalue weighted by Gasteiger charge is -2.20. The lowest BCUT2D eigenvalue weighted by molar-refractivity contribution is -0.113. The van der Waals surface area contributed by atoms with Crippen LogP contribution < -0.4 is 5.32 Å². The minimum atomic E-state index is -0.122. The molecule has 0 aromatic heterocycles. The fourth-order valence-corrected chi connectivity index (χ4v) is 2.97. The van der Waals surface area contributed by atoms with E-state index in [1.807, 2.05) is 18.7 Å². The average Bonchev–Trinajstić information content (AvgIpc) is 2.42. The second kappa shape index (κ2) is 8.72. The molecule has 0 bridgehead atoms. The van der Waals surface area contributed by atoms with E-state index in [0.29, 0.717) is 15.7 Å². The molecule has 20 heavy (non-hydrogen) atoms. The van der Waals surface area contributed by atoms with Crippen molar-refractivity contribution in [3.05, 3.63) is 28.2 Å². The van der Waals surface area contributed by atoms with E-state index < -0.39 is 0 Å². The van der Waals surface area contributed by atoms with Crippen LogP contribution in [0.15, 0.2) is 18.2 Å². The number of amides is 1. The Morgan fingerprint density at radius 3 is 2.50 bits per heavy atom. The first-order valence-corrected chi connectivity index (χ1v) is 8.29. The number of hydrogen-bond acceptors (Lipinski definition) is 3. The monoisotopic (exact) mass is 350 g/mol. The van der Waals surface area contributed by atoms with Crippen LogP contribution in [-0.4, -0.2) is 34.0 Å². The van der Waals surface area contributed by atoms with Gasteiger partial charge < -0.3 is 10.2 Å². The molecule has 0 fully saturated rings. The van der Waals surface area contributed by atoms with Crippen molar-refractivity contribution in [2.45, 2.75) is 13.8 Å². The second-order valence-corrected chi connectivity index (χ2v) is 6.33. The van der Waals surface area contributed by atoms with Crippen LogP contribution in [0, 0.1) is 0 Å². The molecule has 1 aromatic rings. The van der Waals surface area contributed by atoms with E-state index in [1.165, 1.54) is 11.8 Å². The molecule has 1 rings (SSSR count). The van der Waals surface area contributed by atoms with E-state index in [1.54, 1.807) is 18.2 Å². The Morgan fingerprint density at radius 2 is 1.95 bits per heavy atom. The maximum atomic E-state index is 11.8. The summed E-state index contributed by atoms with van der Waals surface area (Å²) in [5, 5.41) is 3.63. The molecule has 1 amide bonds. The molecule has 0 saturated carbocycles. The van der Waals surface area contributed by atoms with Crippen LogP contribution in [0.4, 0.5) is 5.69 Å². The van der Waals surface area contributed by atoms with E-state index >= 15 is 0 Å². The van der Waals surface area contributed by atoms with E-state index in [9.17, 15) is 4.79 Å². The Hall–Kier alpha value is -0.490. The summed E-state index contributed by atoms with van der Waals surface area (Å²) >= 11 is 18.3. The number of thioether (sulfide) groups is 1. The molecule has 0 heterocycles. The highest BCUT2D eigenvalue weighted by Crippen LogP contribution is 2.25. The zero-order valence-corrected chi connectivity index (χ0v) is 14.4. The highest BCUT2D eigenvalue weighted by Gasteiger charge is 2.10. The highest BCUT2D eigenvalue weighted by atomic mass is 35.5. The first-order valence-electron chi connectivity index (χ1n) is 6.14. The summed E-state index contributed by atoms with van der Waals surface area (Å²) < 4.78 is 0.735. The van der Waals surface area contributed by atoms with Crippen LogP contribution in [0.25, 0.3) is 0 Å². The third-order valence-corrected chi connectivity index (χ3v) is 4.81. The number of benzene rings is 1. The lowest BCUT2D eigenvalue weighted by Crippen LogP contribution is -2.28. The van der Waals surface area contributed by atoms with Gasteiger partial charge >= 0.3 is 0 Å². The lowest BCUT2D eigenvalue weighted by atomic mass is 10.3. The van der Waals surface area contributed by atoms with Crippen molar-refractivity contribution >= 4 is 63.1 Å². The molecule has 0 aliphatic carbocycles. The van der Waals surface area contributed by atoms with Gasteiger partial charge in [-0.05, 0) is 32.0 Å². The van der Waals surface area contributed by atoms with Crippen molar-refractivity contribution in [1.82, 2.24) is 4.90 Å². The topological polar surface area (TPSA) is 32.3 Å². The zero-order valence-electron chi connectivity index (χ0n) is 11.3. The molecule has 0 saturated heterocycles. The third kappa shape index (κ3) is 5.48. The predicted molar refractivity (Wildman–Crippen MR) is 93.1 cm³/mol. The Bertz CT molecular complexity index is 493. The summed E-state index contributed by atoms with van der Waals surface area (Å²) in [5.41, 5.74) is 0.624. The van der Waals surface area contributed by atoms with Crippen molar-refractivity contribution in [2.24, 2.45) is 0 Å². The van der Waals surface area contributed by atoms with Crippen molar-refractivity contribution in [1.29, 1.82) is 0 Å². The van der Waals surface area contributed by atoms with E-state index in [4.69, 9.17) is 35.4 Å². The molecule has 1 aromatic carbocycles. The van der Waals surface area contributed by atoms with Crippen molar-refractivity contribution < 1.29 is 4.79 Å². The Kier molecular flexibility index (Phi) is 7.66. The van der Waals surface area contributed by atoms with Crippen molar-refractivity contribution in [2.75, 3.05) is 24.2 Å². The minimum absolute atomic E-state index is 0.122. The van der Waals surface area contributed by atoms with Crippen molar-refractivity contribution in [3.63, 3.8) is 0 Å². The molecule has 3 nitrogen and oxygen atoms in total. The molecule has 1 N–H and O–H groups in total. The zero-order chi connectivity index (χ0) is 15.1. The van der Waals surface area contributed by atoms with E-state index in [-0.39, 0.29) is 11.7 Å². The van der Waals surface area contributed by atoms with Crippen LogP contribution in [-0.2, 0) is 4.79 Å². The van der Waals surface area contributed by atoms with Gasteiger partial charge in [0.25, 0.3) is 0 Å². The normalized spacial score (nSPS) is 10.2. The second-order valence-electron chi connectivity index (χ2n) is 3.90. The standard InChI is InChI=1S/C13H16Cl2N2OS2/c1-3-17(4-2)13(19)20-8-12(18)16-9-5-6-10(14)11(15)7-9/h5-7H,3-4,8H2,1-2H3,(H,16,18). The number of thiocarbonyl (C=S) groups is 1. The van der Waals surface area contributed by atoms with Crippen LogP contribution >= 0.6 is 47.2 Å². The quantitative estimate of drug-likeness (QED) is 0.802. The summed E-state index contributed by atoms with van der Waals surface area (Å²) in [4.78, 5) is 13.9. The van der Waals surface area contributed by atoms with Gasteiger partial charge in [0.05, 0.1) is 15.8 Å². The smallest absolute Gasteiger partial charge is 0.234 e. The molecule has 0 unspecified atom stereocenters. The number of nitrogens with zero attached hydrogens (tertiary/aromatic N) is 1. The molecule has 0 radical (unpaired) electrons. The molecular weight excluding hydrogens is 335 g/mol. The summed E-state index contributed by atoms with van der Waals surface area (Å²) in [6.07, 6.45) is 0. The van der Waals surface area contributed by atoms with Gasteiger partial charge in [0.15, 0.2) is 0 Å². The predicted octanol–water partition coefficient (Wildman–Crippen LogP) is 4.29. The molecule has 0 aliphatic rings. The van der Waals surface area contributed by atoms with Crippen molar-refractivity contribution in [3.8, 4) is 0 Å². The van der Waals surface area contributed by atoms with Crippen LogP contribution in [0.3, 0.4) is 0 Å². The Morgan fingerprint density at radius 1 is 1.30 bits per heavy atom. The Labute approximate surface area is 139 Å². The first kappa shape index (κ1) is 17.6. The van der Waals surface area contributed by atoms with Gasteiger partial charge in [0.2, 0.25) is 5.91 Å². The minimum Gasteiger partial charge on any atom is -0.358 e. The van der Waals surface area contributed by atoms with Gasteiger partial charge in [0.1, 0.15) is 4.32 Å². The summed E-state index contributed by atoms with van der Waals surface area (Å²) in [7, 11) is 0. The maximum Gasteiger partial charge on any atom is 0.234 e. The molecule has 0 spiro atoms. The molecule has 0 atom stereocenters. The van der Waals surface area contributed by atoms with Gasteiger partial charge in [-0.2, -0.15) is 0 Å². The van der Waals surface area contributed by atoms with E-state index in [0.717, 1.165) is 17.4 Å². The largest absolute Gasteiger partial charge is 0.358 e. The first-order chi connectivity index (χ1) is 9.47. The molecule has 110 valence electrons. The van der Waals surface area contributed by atoms with Gasteiger partial charge in [0, 0.05) is 18.8 Å². The number of nitrogens with one attached hydrogen (secondary N) is 1. The fourth-order valence-electron chi connectivity index (χ4n) is 1.47. The maximum absolute atomic E-state index is 11.8. The number of hydrogen-bond donors (Lipinski definition) is 1. The van der Waals surface area contributed by atoms with Gasteiger partial charge in [-0.15, -0.1) is 0 Å². The van der Waals surface area contributed by atoms with Crippen LogP contribution in [0.2, 0.25) is 10.0 Å². The molecular formula is C13H16Cl2N2OS2. The third-order valence-electron chi connectivity index (χ3n) is 2.55. The number of anilines is 1. The number of rotatable bonds is 5. The number of carbonyl (C=O) groups is 1. The van der Waals surface area contributed by atoms with Gasteiger partial charge in [-0.3, -0.25) is 4.79 Å². The summed E-state index contributed by atoms with van der Waals surface area (Å²) in [5.74, 6) is 0.151. The molecule has 7 heteroatoms. The summed E-state index contributed by atoms with van der Waals surface area (Å²) in [6, 6.07) is 4.97. The van der Waals surface area contributed by atoms with Crippen LogP contribution in [0.5, 0.6) is 0 Å². The SMILES string of the molecule is CCN(CC)C(=S)SCC(=O)Nc1ccc(Cl)c(Cl)c1. The fraction of sp³-hybridized carbons (Fsp3) is 0.385. The molecule has 0 aliphatic heterocycles.